The van der Waals surface area contributed by atoms with E-state index in [9.17, 15) is 0 Å². The van der Waals surface area contributed by atoms with Gasteiger partial charge in [-0.1, -0.05) is 6.07 Å². The molecule has 3 nitrogen and oxygen atoms in total. The van der Waals surface area contributed by atoms with Gasteiger partial charge in [0.1, 0.15) is 13.2 Å². The molecule has 0 amide bonds. The minimum Gasteiger partial charge on any atom is -0.486 e. The maximum Gasteiger partial charge on any atom is 0.161 e. The normalized spacial score (nSPS) is 27.5. The van der Waals surface area contributed by atoms with Crippen LogP contribution in [0.1, 0.15) is 12.5 Å². The van der Waals surface area contributed by atoms with Crippen molar-refractivity contribution in [3.8, 4) is 11.5 Å². The summed E-state index contributed by atoms with van der Waals surface area (Å²) in [4.78, 5) is 0. The second kappa shape index (κ2) is 3.14. The highest BCUT2D eigenvalue weighted by Crippen LogP contribution is 2.35. The maximum atomic E-state index is 5.53. The molecule has 15 heavy (non-hydrogen) atoms. The van der Waals surface area contributed by atoms with Crippen LogP contribution in [0.4, 0.5) is 0 Å². The Balaban J connectivity index is 1.84. The highest BCUT2D eigenvalue weighted by Gasteiger charge is 2.39. The summed E-state index contributed by atoms with van der Waals surface area (Å²) in [7, 11) is 0. The van der Waals surface area contributed by atoms with Crippen LogP contribution in [0.3, 0.4) is 0 Å². The highest BCUT2D eigenvalue weighted by atomic mass is 16.6. The third kappa shape index (κ3) is 1.79. The minimum atomic E-state index is 0.0593. The SMILES string of the molecule is CC1(Cc2ccc3c(c2)OCCO3)CO1. The summed E-state index contributed by atoms with van der Waals surface area (Å²) >= 11 is 0. The topological polar surface area (TPSA) is 31.0 Å². The molecule has 2 aliphatic rings. The fourth-order valence-electron chi connectivity index (χ4n) is 1.85. The van der Waals surface area contributed by atoms with Crippen molar-refractivity contribution in [1.82, 2.24) is 0 Å². The van der Waals surface area contributed by atoms with Gasteiger partial charge in [-0.2, -0.15) is 0 Å². The molecule has 1 unspecified atom stereocenters. The van der Waals surface area contributed by atoms with Gasteiger partial charge in [0.05, 0.1) is 12.2 Å². The summed E-state index contributed by atoms with van der Waals surface area (Å²) in [5.41, 5.74) is 1.31. The van der Waals surface area contributed by atoms with Gasteiger partial charge >= 0.3 is 0 Å². The van der Waals surface area contributed by atoms with Gasteiger partial charge < -0.3 is 14.2 Å². The van der Waals surface area contributed by atoms with Crippen molar-refractivity contribution in [3.05, 3.63) is 23.8 Å². The molecule has 0 saturated carbocycles. The monoisotopic (exact) mass is 206 g/mol. The second-order valence-corrected chi connectivity index (χ2v) is 4.39. The van der Waals surface area contributed by atoms with Crippen LogP contribution in [0.2, 0.25) is 0 Å². The summed E-state index contributed by atoms with van der Waals surface area (Å²) in [6.07, 6.45) is 0.948. The Morgan fingerprint density at radius 1 is 1.20 bits per heavy atom. The molecular formula is C12H14O3. The molecule has 1 atom stereocenters. The van der Waals surface area contributed by atoms with Gasteiger partial charge in [0.25, 0.3) is 0 Å². The van der Waals surface area contributed by atoms with Crippen LogP contribution in [0, 0.1) is 0 Å². The summed E-state index contributed by atoms with van der Waals surface area (Å²) in [5, 5.41) is 0. The van der Waals surface area contributed by atoms with Gasteiger partial charge in [-0.3, -0.25) is 0 Å². The quantitative estimate of drug-likeness (QED) is 0.691. The summed E-state index contributed by atoms with van der Waals surface area (Å²) < 4.78 is 16.4. The first-order valence-electron chi connectivity index (χ1n) is 5.28. The highest BCUT2D eigenvalue weighted by molar-refractivity contribution is 5.44. The molecule has 2 heterocycles. The number of benzene rings is 1. The summed E-state index contributed by atoms with van der Waals surface area (Å²) in [5.74, 6) is 1.72. The van der Waals surface area contributed by atoms with Crippen molar-refractivity contribution >= 4 is 0 Å². The molecule has 80 valence electrons. The Hall–Kier alpha value is -1.22. The Kier molecular flexibility index (Phi) is 1.89. The number of ether oxygens (including phenoxy) is 3. The Bertz CT molecular complexity index is 382. The van der Waals surface area contributed by atoms with Crippen LogP contribution in [0.5, 0.6) is 11.5 Å². The minimum absolute atomic E-state index is 0.0593. The molecule has 0 spiro atoms. The lowest BCUT2D eigenvalue weighted by atomic mass is 10.0. The number of rotatable bonds is 2. The van der Waals surface area contributed by atoms with E-state index in [2.05, 4.69) is 19.1 Å². The molecule has 1 aromatic rings. The molecular weight excluding hydrogens is 192 g/mol. The molecule has 3 heteroatoms. The third-order valence-corrected chi connectivity index (χ3v) is 2.82. The van der Waals surface area contributed by atoms with Gasteiger partial charge in [-0.15, -0.1) is 0 Å². The zero-order valence-corrected chi connectivity index (χ0v) is 8.79. The van der Waals surface area contributed by atoms with Gasteiger partial charge in [0.15, 0.2) is 11.5 Å². The Labute approximate surface area is 89.0 Å². The average molecular weight is 206 g/mol. The van der Waals surface area contributed by atoms with E-state index in [-0.39, 0.29) is 5.60 Å². The standard InChI is InChI=1S/C12H14O3/c1-12(8-15-12)7-9-2-3-10-11(6-9)14-5-4-13-10/h2-3,6H,4-5,7-8H2,1H3. The lowest BCUT2D eigenvalue weighted by Gasteiger charge is -2.19. The summed E-state index contributed by atoms with van der Waals surface area (Å²) in [6, 6.07) is 6.12. The van der Waals surface area contributed by atoms with Gasteiger partial charge in [-0.25, -0.2) is 0 Å². The number of hydrogen-bond acceptors (Lipinski definition) is 3. The number of epoxide rings is 1. The molecule has 0 N–H and O–H groups in total. The molecule has 0 aromatic heterocycles. The van der Waals surface area contributed by atoms with Gasteiger partial charge in [0, 0.05) is 6.42 Å². The lowest BCUT2D eigenvalue weighted by molar-refractivity contribution is 0.171. The van der Waals surface area contributed by atoms with E-state index in [4.69, 9.17) is 14.2 Å². The van der Waals surface area contributed by atoms with E-state index in [0.29, 0.717) is 13.2 Å². The van der Waals surface area contributed by atoms with E-state index < -0.39 is 0 Å². The fraction of sp³-hybridized carbons (Fsp3) is 0.500. The number of fused-ring (bicyclic) bond motifs is 1. The lowest BCUT2D eigenvalue weighted by Crippen LogP contribution is -2.16. The molecule has 0 radical (unpaired) electrons. The van der Waals surface area contributed by atoms with Crippen molar-refractivity contribution < 1.29 is 14.2 Å². The average Bonchev–Trinajstić information content (AvgIpc) is 2.96. The first kappa shape index (κ1) is 9.04. The molecule has 0 aliphatic carbocycles. The first-order chi connectivity index (χ1) is 7.25. The largest absolute Gasteiger partial charge is 0.486 e. The zero-order chi connectivity index (χ0) is 10.3. The van der Waals surface area contributed by atoms with Crippen LogP contribution in [0.15, 0.2) is 18.2 Å². The summed E-state index contributed by atoms with van der Waals surface area (Å²) in [6.45, 7) is 4.28. The maximum absolute atomic E-state index is 5.53. The van der Waals surface area contributed by atoms with Gasteiger partial charge in [-0.05, 0) is 24.6 Å². The Morgan fingerprint density at radius 2 is 1.93 bits per heavy atom. The first-order valence-corrected chi connectivity index (χ1v) is 5.28. The molecule has 1 aromatic carbocycles. The van der Waals surface area contributed by atoms with Gasteiger partial charge in [0.2, 0.25) is 0 Å². The van der Waals surface area contributed by atoms with Crippen molar-refractivity contribution in [2.24, 2.45) is 0 Å². The Morgan fingerprint density at radius 3 is 2.67 bits per heavy atom. The predicted molar refractivity (Wildman–Crippen MR) is 55.5 cm³/mol. The molecule has 2 aliphatic heterocycles. The van der Waals surface area contributed by atoms with Crippen LogP contribution >= 0.6 is 0 Å². The van der Waals surface area contributed by atoms with E-state index in [1.54, 1.807) is 0 Å². The van der Waals surface area contributed by atoms with Crippen LogP contribution < -0.4 is 9.47 Å². The van der Waals surface area contributed by atoms with Crippen molar-refractivity contribution in [2.45, 2.75) is 18.9 Å². The van der Waals surface area contributed by atoms with E-state index in [1.807, 2.05) is 6.07 Å². The molecule has 1 saturated heterocycles. The van der Waals surface area contributed by atoms with Crippen LogP contribution in [-0.2, 0) is 11.2 Å². The fourth-order valence-corrected chi connectivity index (χ4v) is 1.85. The number of hydrogen-bond donors (Lipinski definition) is 0. The predicted octanol–water partition coefficient (Wildman–Crippen LogP) is 1.79. The second-order valence-electron chi connectivity index (χ2n) is 4.39. The van der Waals surface area contributed by atoms with Crippen LogP contribution in [0.25, 0.3) is 0 Å². The van der Waals surface area contributed by atoms with E-state index in [1.165, 1.54) is 5.56 Å². The van der Waals surface area contributed by atoms with Crippen LogP contribution in [-0.4, -0.2) is 25.4 Å². The van der Waals surface area contributed by atoms with E-state index >= 15 is 0 Å². The van der Waals surface area contributed by atoms with E-state index in [0.717, 1.165) is 24.5 Å². The van der Waals surface area contributed by atoms with Crippen molar-refractivity contribution in [3.63, 3.8) is 0 Å². The molecule has 3 rings (SSSR count). The van der Waals surface area contributed by atoms with Crippen molar-refractivity contribution in [1.29, 1.82) is 0 Å². The molecule has 0 bridgehead atoms. The third-order valence-electron chi connectivity index (χ3n) is 2.82. The smallest absolute Gasteiger partial charge is 0.161 e. The molecule has 1 fully saturated rings. The zero-order valence-electron chi connectivity index (χ0n) is 8.79. The van der Waals surface area contributed by atoms with Crippen molar-refractivity contribution in [2.75, 3.05) is 19.8 Å².